The fourth-order valence-corrected chi connectivity index (χ4v) is 1.54. The predicted molar refractivity (Wildman–Crippen MR) is 54.5 cm³/mol. The van der Waals surface area contributed by atoms with Crippen molar-refractivity contribution in [1.82, 2.24) is 0 Å². The molecular formula is C9H10O7S. The third-order valence-corrected chi connectivity index (χ3v) is 2.50. The number of benzene rings is 1. The van der Waals surface area contributed by atoms with Gasteiger partial charge in [0.2, 0.25) is 0 Å². The molecule has 1 aromatic carbocycles. The first kappa shape index (κ1) is 13.6. The monoisotopic (exact) mass is 262 g/mol. The lowest BCUT2D eigenvalue weighted by Gasteiger charge is -2.15. The highest BCUT2D eigenvalue weighted by atomic mass is 32.2. The summed E-state index contributed by atoms with van der Waals surface area (Å²) >= 11 is 0. The van der Waals surface area contributed by atoms with Gasteiger partial charge in [-0.2, -0.15) is 8.42 Å². The molecule has 1 aromatic rings. The zero-order valence-electron chi connectivity index (χ0n) is 8.69. The highest BCUT2D eigenvalue weighted by Crippen LogP contribution is 2.13. The average molecular weight is 262 g/mol. The molecule has 0 radical (unpaired) electrons. The first-order valence-electron chi connectivity index (χ1n) is 4.35. The average Bonchev–Trinajstić information content (AvgIpc) is 2.14. The second-order valence-corrected chi connectivity index (χ2v) is 4.75. The van der Waals surface area contributed by atoms with Crippen LogP contribution in [-0.4, -0.2) is 35.1 Å². The molecule has 0 saturated heterocycles. The molecule has 0 aliphatic carbocycles. The molecule has 0 atom stereocenters. The molecule has 0 heterocycles. The van der Waals surface area contributed by atoms with E-state index in [1.807, 2.05) is 0 Å². The first-order valence-corrected chi connectivity index (χ1v) is 5.79. The molecule has 0 fully saturated rings. The first-order chi connectivity index (χ1) is 7.59. The molecule has 0 aliphatic rings. The molecule has 1 rings (SSSR count). The van der Waals surface area contributed by atoms with Crippen molar-refractivity contribution in [3.63, 3.8) is 0 Å². The molecule has 0 bridgehead atoms. The molecule has 8 heteroatoms. The van der Waals surface area contributed by atoms with Gasteiger partial charge in [-0.3, -0.25) is 4.55 Å². The van der Waals surface area contributed by atoms with Gasteiger partial charge in [0.15, 0.2) is 0 Å². The SMILES string of the molecule is CC(O)(O)OC(=O)c1cccc(S(=O)(=O)O)c1. The highest BCUT2D eigenvalue weighted by Gasteiger charge is 2.23. The third kappa shape index (κ3) is 4.11. The Morgan fingerprint density at radius 3 is 2.41 bits per heavy atom. The molecule has 3 N–H and O–H groups in total. The van der Waals surface area contributed by atoms with Gasteiger partial charge < -0.3 is 14.9 Å². The Morgan fingerprint density at radius 1 is 1.35 bits per heavy atom. The van der Waals surface area contributed by atoms with Crippen LogP contribution < -0.4 is 0 Å². The minimum atomic E-state index is -4.44. The summed E-state index contributed by atoms with van der Waals surface area (Å²) in [5.74, 6) is -3.80. The minimum Gasteiger partial charge on any atom is -0.405 e. The van der Waals surface area contributed by atoms with Gasteiger partial charge in [-0.15, -0.1) is 0 Å². The maximum Gasteiger partial charge on any atom is 0.342 e. The van der Waals surface area contributed by atoms with Crippen molar-refractivity contribution in [3.8, 4) is 0 Å². The van der Waals surface area contributed by atoms with E-state index < -0.39 is 27.0 Å². The van der Waals surface area contributed by atoms with E-state index in [9.17, 15) is 13.2 Å². The van der Waals surface area contributed by atoms with Crippen LogP contribution in [0.2, 0.25) is 0 Å². The van der Waals surface area contributed by atoms with Crippen molar-refractivity contribution in [1.29, 1.82) is 0 Å². The number of carbonyl (C=O) groups is 1. The standard InChI is InChI=1S/C9H10O7S/c1-9(11,12)16-8(10)6-3-2-4-7(5-6)17(13,14)15/h2-5,11-12H,1H3,(H,13,14,15). The molecule has 0 unspecified atom stereocenters. The lowest BCUT2D eigenvalue weighted by Crippen LogP contribution is -2.30. The summed E-state index contributed by atoms with van der Waals surface area (Å²) in [5, 5.41) is 17.6. The van der Waals surface area contributed by atoms with Gasteiger partial charge in [-0.05, 0) is 18.2 Å². The van der Waals surface area contributed by atoms with Gasteiger partial charge in [-0.1, -0.05) is 6.07 Å². The number of aliphatic hydroxyl groups is 2. The largest absolute Gasteiger partial charge is 0.405 e. The van der Waals surface area contributed by atoms with Gasteiger partial charge in [0.05, 0.1) is 10.5 Å². The lowest BCUT2D eigenvalue weighted by atomic mass is 10.2. The van der Waals surface area contributed by atoms with Crippen LogP contribution in [0.15, 0.2) is 29.2 Å². The maximum absolute atomic E-state index is 11.3. The summed E-state index contributed by atoms with van der Waals surface area (Å²) in [7, 11) is -4.44. The van der Waals surface area contributed by atoms with Crippen molar-refractivity contribution in [2.45, 2.75) is 17.8 Å². The van der Waals surface area contributed by atoms with E-state index in [1.54, 1.807) is 0 Å². The zero-order valence-corrected chi connectivity index (χ0v) is 9.51. The number of hydrogen-bond acceptors (Lipinski definition) is 6. The van der Waals surface area contributed by atoms with Gasteiger partial charge >= 0.3 is 11.9 Å². The molecular weight excluding hydrogens is 252 g/mol. The van der Waals surface area contributed by atoms with Crippen molar-refractivity contribution < 1.29 is 32.7 Å². The Kier molecular flexibility index (Phi) is 3.53. The normalized spacial score (nSPS) is 12.2. The van der Waals surface area contributed by atoms with Crippen LogP contribution in [-0.2, 0) is 14.9 Å². The maximum atomic E-state index is 11.3. The van der Waals surface area contributed by atoms with Crippen LogP contribution in [0.1, 0.15) is 17.3 Å². The van der Waals surface area contributed by atoms with Crippen molar-refractivity contribution >= 4 is 16.1 Å². The Hall–Kier alpha value is -1.48. The van der Waals surface area contributed by atoms with Crippen molar-refractivity contribution in [3.05, 3.63) is 29.8 Å². The number of hydrogen-bond donors (Lipinski definition) is 3. The summed E-state index contributed by atoms with van der Waals surface area (Å²) in [4.78, 5) is 10.8. The lowest BCUT2D eigenvalue weighted by molar-refractivity contribution is -0.293. The topological polar surface area (TPSA) is 121 Å². The van der Waals surface area contributed by atoms with Crippen LogP contribution in [0.3, 0.4) is 0 Å². The van der Waals surface area contributed by atoms with E-state index in [4.69, 9.17) is 14.8 Å². The van der Waals surface area contributed by atoms with Gasteiger partial charge in [0.25, 0.3) is 10.1 Å². The van der Waals surface area contributed by atoms with Crippen LogP contribution in [0.4, 0.5) is 0 Å². The molecule has 0 aromatic heterocycles. The fourth-order valence-electron chi connectivity index (χ4n) is 1.02. The van der Waals surface area contributed by atoms with E-state index in [0.717, 1.165) is 19.1 Å². The molecule has 7 nitrogen and oxygen atoms in total. The van der Waals surface area contributed by atoms with Crippen LogP contribution in [0.5, 0.6) is 0 Å². The fraction of sp³-hybridized carbons (Fsp3) is 0.222. The van der Waals surface area contributed by atoms with E-state index in [0.29, 0.717) is 0 Å². The Labute approximate surface area is 97.0 Å². The molecule has 94 valence electrons. The van der Waals surface area contributed by atoms with Crippen LogP contribution in [0.25, 0.3) is 0 Å². The second-order valence-electron chi connectivity index (χ2n) is 3.33. The smallest absolute Gasteiger partial charge is 0.342 e. The third-order valence-electron chi connectivity index (χ3n) is 1.65. The molecule has 0 aliphatic heterocycles. The van der Waals surface area contributed by atoms with E-state index in [2.05, 4.69) is 4.74 Å². The molecule has 17 heavy (non-hydrogen) atoms. The summed E-state index contributed by atoms with van der Waals surface area (Å²) in [6.07, 6.45) is 0. The summed E-state index contributed by atoms with van der Waals surface area (Å²) in [5.41, 5.74) is -0.241. The number of esters is 1. The summed E-state index contributed by atoms with van der Waals surface area (Å²) in [6.45, 7) is 0.817. The zero-order chi connectivity index (χ0) is 13.3. The van der Waals surface area contributed by atoms with Crippen LogP contribution in [0, 0.1) is 0 Å². The number of carbonyl (C=O) groups excluding carboxylic acids is 1. The predicted octanol–water partition coefficient (Wildman–Crippen LogP) is -0.252. The quantitative estimate of drug-likeness (QED) is 0.390. The summed E-state index contributed by atoms with van der Waals surface area (Å²) < 4.78 is 34.5. The molecule has 0 spiro atoms. The highest BCUT2D eigenvalue weighted by molar-refractivity contribution is 7.85. The number of rotatable bonds is 3. The van der Waals surface area contributed by atoms with Gasteiger partial charge in [-0.25, -0.2) is 4.79 Å². The Balaban J connectivity index is 3.05. The number of ether oxygens (including phenoxy) is 1. The molecule has 0 saturated carbocycles. The Morgan fingerprint density at radius 2 is 1.94 bits per heavy atom. The Bertz CT molecular complexity index is 527. The van der Waals surface area contributed by atoms with Gasteiger partial charge in [0.1, 0.15) is 0 Å². The van der Waals surface area contributed by atoms with Crippen LogP contribution >= 0.6 is 0 Å². The second kappa shape index (κ2) is 4.41. The van der Waals surface area contributed by atoms with E-state index in [1.165, 1.54) is 12.1 Å². The minimum absolute atomic E-state index is 0.241. The molecule has 0 amide bonds. The van der Waals surface area contributed by atoms with E-state index in [-0.39, 0.29) is 5.56 Å². The van der Waals surface area contributed by atoms with Crippen molar-refractivity contribution in [2.75, 3.05) is 0 Å². The van der Waals surface area contributed by atoms with Crippen molar-refractivity contribution in [2.24, 2.45) is 0 Å². The van der Waals surface area contributed by atoms with Gasteiger partial charge in [0, 0.05) is 6.92 Å². The summed E-state index contributed by atoms with van der Waals surface area (Å²) in [6, 6.07) is 4.32. The van der Waals surface area contributed by atoms with E-state index >= 15 is 0 Å².